The van der Waals surface area contributed by atoms with Crippen molar-refractivity contribution in [1.29, 1.82) is 0 Å². The van der Waals surface area contributed by atoms with Crippen LogP contribution in [0.4, 0.5) is 11.4 Å². The summed E-state index contributed by atoms with van der Waals surface area (Å²) in [5, 5.41) is 14.2. The molecule has 1 heterocycles. The number of ether oxygens (including phenoxy) is 1. The van der Waals surface area contributed by atoms with Crippen molar-refractivity contribution in [3.63, 3.8) is 0 Å². The number of hydrogen-bond acceptors (Lipinski definition) is 7. The van der Waals surface area contributed by atoms with Gasteiger partial charge in [0.05, 0.1) is 17.4 Å². The lowest BCUT2D eigenvalue weighted by atomic mass is 10.1. The molecule has 3 amide bonds. The van der Waals surface area contributed by atoms with Crippen molar-refractivity contribution in [2.45, 2.75) is 6.42 Å². The topological polar surface area (TPSA) is 148 Å². The van der Waals surface area contributed by atoms with Gasteiger partial charge in [-0.3, -0.25) is 39.7 Å². The molecule has 2 N–H and O–H groups in total. The Kier molecular flexibility index (Phi) is 7.15. The summed E-state index contributed by atoms with van der Waals surface area (Å²) in [6.45, 7) is -0.639. The summed E-state index contributed by atoms with van der Waals surface area (Å²) in [5.41, 5.74) is 2.83. The second-order valence-electron chi connectivity index (χ2n) is 6.81. The number of benzene rings is 2. The van der Waals surface area contributed by atoms with Crippen LogP contribution in [0.25, 0.3) is 0 Å². The fourth-order valence-corrected chi connectivity index (χ4v) is 3.14. The highest BCUT2D eigenvalue weighted by Gasteiger charge is 2.36. The third kappa shape index (κ3) is 5.88. The smallest absolute Gasteiger partial charge is 0.311 e. The molecule has 0 spiro atoms. The lowest BCUT2D eigenvalue weighted by Gasteiger charge is -2.17. The maximum absolute atomic E-state index is 12.3. The monoisotopic (exact) mass is 504 g/mol. The number of carbonyl (C=O) groups excluding carboxylic acids is 4. The van der Waals surface area contributed by atoms with Crippen LogP contribution >= 0.6 is 15.9 Å². The maximum Gasteiger partial charge on any atom is 0.311 e. The first kappa shape index (κ1) is 22.9. The van der Waals surface area contributed by atoms with Crippen LogP contribution < -0.4 is 10.7 Å². The molecule has 0 saturated carbocycles. The van der Waals surface area contributed by atoms with Gasteiger partial charge in [-0.05, 0) is 36.4 Å². The lowest BCUT2D eigenvalue weighted by Crippen LogP contribution is -2.43. The van der Waals surface area contributed by atoms with Crippen molar-refractivity contribution in [3.05, 3.63) is 68.7 Å². The highest BCUT2D eigenvalue weighted by atomic mass is 79.9. The number of non-ortho nitro benzene ring substituents is 1. The lowest BCUT2D eigenvalue weighted by molar-refractivity contribution is -0.384. The van der Waals surface area contributed by atoms with Crippen molar-refractivity contribution in [2.75, 3.05) is 18.5 Å². The molecular formula is C20H17BrN4O7. The van der Waals surface area contributed by atoms with Crippen molar-refractivity contribution in [3.8, 4) is 0 Å². The van der Waals surface area contributed by atoms with E-state index >= 15 is 0 Å². The highest BCUT2D eigenvalue weighted by Crippen LogP contribution is 2.19. The Balaban J connectivity index is 1.48. The van der Waals surface area contributed by atoms with Crippen LogP contribution in [0.5, 0.6) is 0 Å². The summed E-state index contributed by atoms with van der Waals surface area (Å²) in [5.74, 6) is -3.28. The molecule has 0 aliphatic carbocycles. The molecule has 0 radical (unpaired) electrons. The van der Waals surface area contributed by atoms with Gasteiger partial charge in [-0.1, -0.05) is 15.9 Å². The van der Waals surface area contributed by atoms with Gasteiger partial charge in [0.25, 0.3) is 17.5 Å². The van der Waals surface area contributed by atoms with Gasteiger partial charge in [0, 0.05) is 34.3 Å². The molecule has 2 aromatic carbocycles. The summed E-state index contributed by atoms with van der Waals surface area (Å²) >= 11 is 3.28. The Hall–Kier alpha value is -3.80. The van der Waals surface area contributed by atoms with Crippen LogP contribution in [0.1, 0.15) is 16.8 Å². The molecule has 0 unspecified atom stereocenters. The zero-order valence-corrected chi connectivity index (χ0v) is 18.0. The summed E-state index contributed by atoms with van der Waals surface area (Å²) in [7, 11) is 0. The Morgan fingerprint density at radius 1 is 1.12 bits per heavy atom. The minimum atomic E-state index is -0.847. The van der Waals surface area contributed by atoms with E-state index in [-0.39, 0.29) is 24.2 Å². The second kappa shape index (κ2) is 10.0. The van der Waals surface area contributed by atoms with Crippen LogP contribution in [0.15, 0.2) is 53.0 Å². The van der Waals surface area contributed by atoms with Gasteiger partial charge in [-0.15, -0.1) is 0 Å². The maximum atomic E-state index is 12.3. The number of anilines is 1. The molecule has 32 heavy (non-hydrogen) atoms. The summed E-state index contributed by atoms with van der Waals surface area (Å²) in [6, 6.07) is 11.7. The fraction of sp³-hybridized carbons (Fsp3) is 0.200. The van der Waals surface area contributed by atoms with E-state index in [0.717, 1.165) is 9.48 Å². The number of esters is 1. The minimum Gasteiger partial charge on any atom is -0.455 e. The van der Waals surface area contributed by atoms with Gasteiger partial charge in [0.2, 0.25) is 5.91 Å². The number of nitro benzene ring substituents is 1. The van der Waals surface area contributed by atoms with E-state index in [9.17, 15) is 29.3 Å². The molecule has 1 aliphatic rings. The van der Waals surface area contributed by atoms with E-state index in [1.54, 1.807) is 24.3 Å². The normalized spacial score (nSPS) is 15.2. The van der Waals surface area contributed by atoms with Gasteiger partial charge in [0.15, 0.2) is 6.61 Å². The van der Waals surface area contributed by atoms with Crippen molar-refractivity contribution < 1.29 is 28.8 Å². The largest absolute Gasteiger partial charge is 0.455 e. The van der Waals surface area contributed by atoms with E-state index in [4.69, 9.17) is 4.74 Å². The third-order valence-corrected chi connectivity index (χ3v) is 5.04. The Morgan fingerprint density at radius 2 is 1.78 bits per heavy atom. The molecule has 1 saturated heterocycles. The van der Waals surface area contributed by atoms with E-state index in [2.05, 4.69) is 26.7 Å². The van der Waals surface area contributed by atoms with E-state index in [1.807, 2.05) is 0 Å². The molecule has 0 bridgehead atoms. The summed E-state index contributed by atoms with van der Waals surface area (Å²) < 4.78 is 5.84. The van der Waals surface area contributed by atoms with Crippen molar-refractivity contribution >= 4 is 51.0 Å². The first-order valence-corrected chi connectivity index (χ1v) is 10.1. The van der Waals surface area contributed by atoms with Crippen molar-refractivity contribution in [1.82, 2.24) is 10.4 Å². The standard InChI is InChI=1S/C20H17BrN4O7/c21-14-3-5-15(6-4-14)22-17(26)11-32-20(29)13-9-18(27)24(10-13)23-19(28)12-1-7-16(8-2-12)25(30)31/h1-8,13H,9-11H2,(H,22,26)(H,23,28)/t13-/m1/s1. The Morgan fingerprint density at radius 3 is 2.41 bits per heavy atom. The number of nitrogens with one attached hydrogen (secondary N) is 2. The highest BCUT2D eigenvalue weighted by molar-refractivity contribution is 9.10. The van der Waals surface area contributed by atoms with E-state index < -0.39 is 41.1 Å². The molecule has 166 valence electrons. The zero-order chi connectivity index (χ0) is 23.3. The Bertz CT molecular complexity index is 1060. The van der Waals surface area contributed by atoms with Gasteiger partial charge in [-0.2, -0.15) is 0 Å². The quantitative estimate of drug-likeness (QED) is 0.332. The second-order valence-corrected chi connectivity index (χ2v) is 7.73. The predicted molar refractivity (Wildman–Crippen MR) is 114 cm³/mol. The van der Waals surface area contributed by atoms with Gasteiger partial charge in [-0.25, -0.2) is 0 Å². The van der Waals surface area contributed by atoms with E-state index in [1.165, 1.54) is 24.3 Å². The van der Waals surface area contributed by atoms with Gasteiger partial charge >= 0.3 is 5.97 Å². The number of halogens is 1. The molecule has 2 aromatic rings. The average molecular weight is 505 g/mol. The molecule has 11 nitrogen and oxygen atoms in total. The number of nitrogens with zero attached hydrogens (tertiary/aromatic N) is 2. The van der Waals surface area contributed by atoms with Crippen molar-refractivity contribution in [2.24, 2.45) is 5.92 Å². The summed E-state index contributed by atoms with van der Waals surface area (Å²) in [4.78, 5) is 58.7. The molecule has 3 rings (SSSR count). The van der Waals surface area contributed by atoms with Crippen LogP contribution in [-0.2, 0) is 19.1 Å². The molecular weight excluding hydrogens is 488 g/mol. The number of rotatable bonds is 7. The SMILES string of the molecule is O=C(COC(=O)[C@@H]1CC(=O)N(NC(=O)c2ccc([N+](=O)[O-])cc2)C1)Nc1ccc(Br)cc1. The van der Waals surface area contributed by atoms with Crippen LogP contribution in [0, 0.1) is 16.0 Å². The van der Waals surface area contributed by atoms with Gasteiger partial charge < -0.3 is 10.1 Å². The first-order chi connectivity index (χ1) is 15.2. The number of hydrazine groups is 1. The molecule has 1 aliphatic heterocycles. The number of hydrogen-bond donors (Lipinski definition) is 2. The molecule has 1 atom stereocenters. The first-order valence-electron chi connectivity index (χ1n) is 9.31. The summed E-state index contributed by atoms with van der Waals surface area (Å²) in [6.07, 6.45) is -0.187. The third-order valence-electron chi connectivity index (χ3n) is 4.51. The molecule has 1 fully saturated rings. The van der Waals surface area contributed by atoms with Gasteiger partial charge in [0.1, 0.15) is 0 Å². The fourth-order valence-electron chi connectivity index (χ4n) is 2.88. The molecule has 12 heteroatoms. The number of carbonyl (C=O) groups is 4. The predicted octanol–water partition coefficient (Wildman–Crippen LogP) is 2.03. The van der Waals surface area contributed by atoms with E-state index in [0.29, 0.717) is 5.69 Å². The van der Waals surface area contributed by atoms with Crippen LogP contribution in [0.2, 0.25) is 0 Å². The Labute approximate surface area is 190 Å². The minimum absolute atomic E-state index is 0.110. The number of nitro groups is 1. The van der Waals surface area contributed by atoms with Crippen LogP contribution in [0.3, 0.4) is 0 Å². The van der Waals surface area contributed by atoms with Crippen LogP contribution in [-0.4, -0.2) is 46.8 Å². The molecule has 0 aromatic heterocycles. The number of amides is 3. The zero-order valence-electron chi connectivity index (χ0n) is 16.4. The average Bonchev–Trinajstić information content (AvgIpc) is 3.14.